The Bertz CT molecular complexity index is 694. The summed E-state index contributed by atoms with van der Waals surface area (Å²) in [5.74, 6) is -0.924. The van der Waals surface area contributed by atoms with Crippen LogP contribution in [0.2, 0.25) is 0 Å². The summed E-state index contributed by atoms with van der Waals surface area (Å²) >= 11 is 0. The molecule has 20 heavy (non-hydrogen) atoms. The van der Waals surface area contributed by atoms with E-state index in [1.165, 1.54) is 6.20 Å². The van der Waals surface area contributed by atoms with E-state index >= 15 is 0 Å². The number of nitrogens with one attached hydrogen (secondary N) is 1. The van der Waals surface area contributed by atoms with Crippen molar-refractivity contribution in [3.8, 4) is 0 Å². The molecule has 8 heteroatoms. The van der Waals surface area contributed by atoms with Gasteiger partial charge in [-0.25, -0.2) is 4.68 Å². The first-order chi connectivity index (χ1) is 9.37. The lowest BCUT2D eigenvalue weighted by Gasteiger charge is -2.09. The summed E-state index contributed by atoms with van der Waals surface area (Å²) in [4.78, 5) is 23.3. The van der Waals surface area contributed by atoms with Crippen molar-refractivity contribution in [3.63, 3.8) is 0 Å². The van der Waals surface area contributed by atoms with Crippen LogP contribution in [0.3, 0.4) is 0 Å². The van der Waals surface area contributed by atoms with Crippen LogP contribution in [0.25, 0.3) is 10.8 Å². The molecule has 0 unspecified atom stereocenters. The number of hydrogen-bond acceptors (Lipinski definition) is 3. The molecule has 0 atom stereocenters. The van der Waals surface area contributed by atoms with Crippen LogP contribution < -0.4 is 10.9 Å². The molecule has 1 amide bonds. The second kappa shape index (κ2) is 5.32. The Morgan fingerprint density at radius 2 is 2.00 bits per heavy atom. The van der Waals surface area contributed by atoms with Crippen molar-refractivity contribution in [2.45, 2.75) is 12.7 Å². The van der Waals surface area contributed by atoms with Gasteiger partial charge in [-0.1, -0.05) is 18.2 Å². The van der Waals surface area contributed by atoms with Crippen LogP contribution in [0.4, 0.5) is 13.2 Å². The number of alkyl halides is 3. The van der Waals surface area contributed by atoms with Gasteiger partial charge in [0.15, 0.2) is 0 Å². The van der Waals surface area contributed by atoms with Crippen molar-refractivity contribution in [2.24, 2.45) is 0 Å². The molecule has 0 saturated carbocycles. The summed E-state index contributed by atoms with van der Waals surface area (Å²) in [6.07, 6.45) is -3.11. The average molecular weight is 285 g/mol. The van der Waals surface area contributed by atoms with Gasteiger partial charge < -0.3 is 5.32 Å². The predicted molar refractivity (Wildman–Crippen MR) is 65.1 cm³/mol. The summed E-state index contributed by atoms with van der Waals surface area (Å²) in [7, 11) is 0. The Kier molecular flexibility index (Phi) is 3.73. The molecule has 0 radical (unpaired) electrons. The van der Waals surface area contributed by atoms with Crippen LogP contribution in [0.15, 0.2) is 35.3 Å². The molecule has 2 rings (SSSR count). The minimum Gasteiger partial charge on any atom is -0.345 e. The van der Waals surface area contributed by atoms with Gasteiger partial charge in [-0.3, -0.25) is 9.59 Å². The molecular weight excluding hydrogens is 275 g/mol. The van der Waals surface area contributed by atoms with Gasteiger partial charge in [-0.2, -0.15) is 18.3 Å². The van der Waals surface area contributed by atoms with E-state index in [1.807, 2.05) is 0 Å². The summed E-state index contributed by atoms with van der Waals surface area (Å²) in [6, 6.07) is 6.61. The first-order valence-electron chi connectivity index (χ1n) is 5.65. The molecule has 0 aliphatic rings. The van der Waals surface area contributed by atoms with E-state index in [1.54, 1.807) is 29.6 Å². The number of fused-ring (bicyclic) bond motifs is 1. The minimum atomic E-state index is -4.49. The molecule has 0 bridgehead atoms. The van der Waals surface area contributed by atoms with E-state index in [4.69, 9.17) is 0 Å². The van der Waals surface area contributed by atoms with Gasteiger partial charge in [-0.15, -0.1) is 0 Å². The average Bonchev–Trinajstić information content (AvgIpc) is 2.39. The largest absolute Gasteiger partial charge is 0.405 e. The summed E-state index contributed by atoms with van der Waals surface area (Å²) in [5, 5.41) is 6.39. The van der Waals surface area contributed by atoms with Crippen molar-refractivity contribution in [1.82, 2.24) is 15.1 Å². The molecule has 1 heterocycles. The van der Waals surface area contributed by atoms with Crippen LogP contribution in [0.1, 0.15) is 0 Å². The standard InChI is InChI=1S/C12H10F3N3O2/c13-12(14,15)7-16-10(19)6-18-11(20)9-4-2-1-3-8(9)5-17-18/h1-5H,6-7H2,(H,16,19). The molecule has 0 saturated heterocycles. The number of hydrogen-bond donors (Lipinski definition) is 1. The Balaban J connectivity index is 2.16. The molecule has 0 aliphatic carbocycles. The SMILES string of the molecule is O=C(Cn1ncc2ccccc2c1=O)NCC(F)(F)F. The lowest BCUT2D eigenvalue weighted by atomic mass is 10.2. The van der Waals surface area contributed by atoms with E-state index < -0.39 is 30.7 Å². The van der Waals surface area contributed by atoms with Gasteiger partial charge in [0.25, 0.3) is 5.56 Å². The zero-order chi connectivity index (χ0) is 14.8. The highest BCUT2D eigenvalue weighted by molar-refractivity contribution is 5.81. The third-order valence-corrected chi connectivity index (χ3v) is 2.54. The molecule has 0 fully saturated rings. The van der Waals surface area contributed by atoms with Crippen LogP contribution >= 0.6 is 0 Å². The number of carbonyl (C=O) groups excluding carboxylic acids is 1. The first kappa shape index (κ1) is 14.0. The highest BCUT2D eigenvalue weighted by Crippen LogP contribution is 2.12. The van der Waals surface area contributed by atoms with Crippen LogP contribution in [0.5, 0.6) is 0 Å². The maximum atomic E-state index is 12.0. The molecule has 1 aromatic carbocycles. The van der Waals surface area contributed by atoms with Crippen molar-refractivity contribution < 1.29 is 18.0 Å². The summed E-state index contributed by atoms with van der Waals surface area (Å²) in [6.45, 7) is -1.99. The van der Waals surface area contributed by atoms with Crippen molar-refractivity contribution in [1.29, 1.82) is 0 Å². The maximum Gasteiger partial charge on any atom is 0.405 e. The third kappa shape index (κ3) is 3.34. The van der Waals surface area contributed by atoms with Crippen molar-refractivity contribution in [3.05, 3.63) is 40.8 Å². The number of benzene rings is 1. The fourth-order valence-corrected chi connectivity index (χ4v) is 1.63. The van der Waals surface area contributed by atoms with Crippen molar-refractivity contribution in [2.75, 3.05) is 6.54 Å². The number of amides is 1. The maximum absolute atomic E-state index is 12.0. The Labute approximate surface area is 111 Å². The number of carbonyl (C=O) groups is 1. The van der Waals surface area contributed by atoms with Crippen LogP contribution in [-0.4, -0.2) is 28.4 Å². The Hall–Kier alpha value is -2.38. The van der Waals surface area contributed by atoms with Gasteiger partial charge in [0.05, 0.1) is 11.6 Å². The second-order valence-electron chi connectivity index (χ2n) is 4.09. The Morgan fingerprint density at radius 1 is 1.30 bits per heavy atom. The van der Waals surface area contributed by atoms with Crippen LogP contribution in [0, 0.1) is 0 Å². The normalized spacial score (nSPS) is 11.6. The second-order valence-corrected chi connectivity index (χ2v) is 4.09. The number of nitrogens with zero attached hydrogens (tertiary/aromatic N) is 2. The lowest BCUT2D eigenvalue weighted by Crippen LogP contribution is -2.38. The van der Waals surface area contributed by atoms with E-state index in [0.29, 0.717) is 10.8 Å². The predicted octanol–water partition coefficient (Wildman–Crippen LogP) is 1.07. The van der Waals surface area contributed by atoms with Crippen molar-refractivity contribution >= 4 is 16.7 Å². The van der Waals surface area contributed by atoms with Crippen LogP contribution in [-0.2, 0) is 11.3 Å². The van der Waals surface area contributed by atoms with Gasteiger partial charge in [0, 0.05) is 5.39 Å². The molecule has 0 spiro atoms. The molecule has 2 aromatic rings. The minimum absolute atomic E-state index is 0.353. The van der Waals surface area contributed by atoms with E-state index in [-0.39, 0.29) is 0 Å². The van der Waals surface area contributed by atoms with Gasteiger partial charge in [0.1, 0.15) is 13.1 Å². The first-order valence-corrected chi connectivity index (χ1v) is 5.65. The quantitative estimate of drug-likeness (QED) is 0.917. The molecule has 0 aliphatic heterocycles. The monoisotopic (exact) mass is 285 g/mol. The number of rotatable bonds is 3. The lowest BCUT2D eigenvalue weighted by molar-refractivity contribution is -0.138. The molecule has 106 valence electrons. The Morgan fingerprint density at radius 3 is 2.70 bits per heavy atom. The highest BCUT2D eigenvalue weighted by atomic mass is 19.4. The van der Waals surface area contributed by atoms with E-state index in [0.717, 1.165) is 4.68 Å². The topological polar surface area (TPSA) is 64.0 Å². The summed E-state index contributed by atoms with van der Waals surface area (Å²) < 4.78 is 36.7. The highest BCUT2D eigenvalue weighted by Gasteiger charge is 2.27. The fraction of sp³-hybridized carbons (Fsp3) is 0.250. The van der Waals surface area contributed by atoms with E-state index in [9.17, 15) is 22.8 Å². The smallest absolute Gasteiger partial charge is 0.345 e. The van der Waals surface area contributed by atoms with E-state index in [2.05, 4.69) is 5.10 Å². The zero-order valence-corrected chi connectivity index (χ0v) is 10.1. The molecule has 1 N–H and O–H groups in total. The third-order valence-electron chi connectivity index (χ3n) is 2.54. The number of halogens is 3. The number of aromatic nitrogens is 2. The molecule has 1 aromatic heterocycles. The zero-order valence-electron chi connectivity index (χ0n) is 10.1. The van der Waals surface area contributed by atoms with Gasteiger partial charge >= 0.3 is 6.18 Å². The molecular formula is C12H10F3N3O2. The van der Waals surface area contributed by atoms with Gasteiger partial charge in [-0.05, 0) is 6.07 Å². The fourth-order valence-electron chi connectivity index (χ4n) is 1.63. The van der Waals surface area contributed by atoms with Gasteiger partial charge in [0.2, 0.25) is 5.91 Å². The summed E-state index contributed by atoms with van der Waals surface area (Å²) in [5.41, 5.74) is -0.523. The molecule has 5 nitrogen and oxygen atoms in total.